The molecule has 0 aromatic heterocycles. The summed E-state index contributed by atoms with van der Waals surface area (Å²) in [5.41, 5.74) is 13.6. The number of carbonyl (C=O) groups excluding carboxylic acids is 2. The second-order valence-electron chi connectivity index (χ2n) is 7.13. The maximum Gasteiger partial charge on any atom is 0.249 e. The van der Waals surface area contributed by atoms with Gasteiger partial charge < -0.3 is 21.7 Å². The van der Waals surface area contributed by atoms with E-state index in [4.69, 9.17) is 23.1 Å². The van der Waals surface area contributed by atoms with E-state index in [1.54, 1.807) is 17.1 Å². The Morgan fingerprint density at radius 3 is 2.80 bits per heavy atom. The second-order valence-corrected chi connectivity index (χ2v) is 7.57. The number of fused-ring (bicyclic) bond motifs is 1. The van der Waals surface area contributed by atoms with Gasteiger partial charge in [-0.25, -0.2) is 4.39 Å². The number of hydrogen-bond acceptors (Lipinski definition) is 4. The number of carbonyl (C=O) groups is 2. The van der Waals surface area contributed by atoms with Crippen molar-refractivity contribution in [2.45, 2.75) is 19.4 Å². The van der Waals surface area contributed by atoms with Crippen molar-refractivity contribution in [2.75, 3.05) is 25.0 Å². The van der Waals surface area contributed by atoms with Crippen molar-refractivity contribution in [3.05, 3.63) is 69.5 Å². The minimum atomic E-state index is -0.742. The molecule has 3 rings (SSSR count). The van der Waals surface area contributed by atoms with Crippen LogP contribution in [0.25, 0.3) is 6.08 Å². The van der Waals surface area contributed by atoms with Gasteiger partial charge in [-0.05, 0) is 54.3 Å². The molecule has 1 heterocycles. The Kier molecular flexibility index (Phi) is 6.74. The van der Waals surface area contributed by atoms with E-state index in [-0.39, 0.29) is 36.3 Å². The molecule has 5 N–H and O–H groups in total. The zero-order valence-corrected chi connectivity index (χ0v) is 17.4. The molecule has 0 bridgehead atoms. The molecule has 0 aliphatic carbocycles. The summed E-state index contributed by atoms with van der Waals surface area (Å²) < 4.78 is 14.5. The van der Waals surface area contributed by atoms with Crippen molar-refractivity contribution in [1.82, 2.24) is 4.90 Å². The standard InChI is InChI=1S/C22H24ClFN4O2/c1-13-17-5-4-16(23)9-15(17)6-8-28(13)21(29)12-27-20-10-14(3-2-7-25)18(22(26)30)11-19(20)24/h2-5,9-11,13,27H,6-8,12,25H2,1H3,(H2,26,30)/b3-2+/t13-/m0/s1. The molecule has 2 amide bonds. The van der Waals surface area contributed by atoms with Gasteiger partial charge in [0.2, 0.25) is 11.8 Å². The van der Waals surface area contributed by atoms with Crippen LogP contribution in [0.2, 0.25) is 5.02 Å². The van der Waals surface area contributed by atoms with E-state index < -0.39 is 11.7 Å². The van der Waals surface area contributed by atoms with Gasteiger partial charge in [-0.15, -0.1) is 0 Å². The highest BCUT2D eigenvalue weighted by Gasteiger charge is 2.27. The normalized spacial score (nSPS) is 15.9. The molecule has 0 radical (unpaired) electrons. The molecule has 8 heteroatoms. The number of nitrogens with two attached hydrogens (primary N) is 2. The summed E-state index contributed by atoms with van der Waals surface area (Å²) in [5.74, 6) is -1.55. The van der Waals surface area contributed by atoms with Crippen LogP contribution in [0.1, 0.15) is 40.0 Å². The maximum atomic E-state index is 14.5. The molecule has 0 saturated carbocycles. The number of nitrogens with zero attached hydrogens (tertiary/aromatic N) is 1. The molecular formula is C22H24ClFN4O2. The Labute approximate surface area is 179 Å². The van der Waals surface area contributed by atoms with Crippen molar-refractivity contribution >= 4 is 35.2 Å². The summed E-state index contributed by atoms with van der Waals surface area (Å²) in [7, 11) is 0. The molecular weight excluding hydrogens is 407 g/mol. The van der Waals surface area contributed by atoms with Gasteiger partial charge in [0.1, 0.15) is 5.82 Å². The van der Waals surface area contributed by atoms with E-state index >= 15 is 0 Å². The summed E-state index contributed by atoms with van der Waals surface area (Å²) in [6.07, 6.45) is 3.94. The van der Waals surface area contributed by atoms with E-state index in [0.717, 1.165) is 17.2 Å². The molecule has 0 saturated heterocycles. The highest BCUT2D eigenvalue weighted by molar-refractivity contribution is 6.30. The highest BCUT2D eigenvalue weighted by Crippen LogP contribution is 2.31. The van der Waals surface area contributed by atoms with Crippen molar-refractivity contribution < 1.29 is 14.0 Å². The van der Waals surface area contributed by atoms with E-state index in [1.807, 2.05) is 25.1 Å². The molecule has 2 aromatic rings. The summed E-state index contributed by atoms with van der Waals surface area (Å²) in [5, 5.41) is 3.52. The van der Waals surface area contributed by atoms with Gasteiger partial charge in [-0.3, -0.25) is 9.59 Å². The molecule has 2 aromatic carbocycles. The van der Waals surface area contributed by atoms with Gasteiger partial charge in [0.05, 0.1) is 18.3 Å². The molecule has 1 atom stereocenters. The fraction of sp³-hybridized carbons (Fsp3) is 0.273. The number of anilines is 1. The zero-order chi connectivity index (χ0) is 21.8. The van der Waals surface area contributed by atoms with Crippen LogP contribution in [0.4, 0.5) is 10.1 Å². The van der Waals surface area contributed by atoms with E-state index in [9.17, 15) is 14.0 Å². The first kappa shape index (κ1) is 21.8. The number of halogens is 2. The van der Waals surface area contributed by atoms with Crippen LogP contribution >= 0.6 is 11.6 Å². The summed E-state index contributed by atoms with van der Waals surface area (Å²) in [6, 6.07) is 8.09. The summed E-state index contributed by atoms with van der Waals surface area (Å²) in [6.45, 7) is 2.70. The summed E-state index contributed by atoms with van der Waals surface area (Å²) in [4.78, 5) is 26.2. The first-order valence-electron chi connectivity index (χ1n) is 9.63. The van der Waals surface area contributed by atoms with Crippen LogP contribution in [0.15, 0.2) is 36.4 Å². The largest absolute Gasteiger partial charge is 0.374 e. The van der Waals surface area contributed by atoms with Gasteiger partial charge in [0.25, 0.3) is 0 Å². The average Bonchev–Trinajstić information content (AvgIpc) is 2.71. The van der Waals surface area contributed by atoms with Crippen LogP contribution in [0.3, 0.4) is 0 Å². The number of benzene rings is 2. The van der Waals surface area contributed by atoms with Crippen LogP contribution in [0.5, 0.6) is 0 Å². The quantitative estimate of drug-likeness (QED) is 0.655. The first-order valence-corrected chi connectivity index (χ1v) is 10.0. The van der Waals surface area contributed by atoms with Crippen LogP contribution < -0.4 is 16.8 Å². The number of nitrogens with one attached hydrogen (secondary N) is 1. The Hall–Kier alpha value is -2.90. The van der Waals surface area contributed by atoms with Gasteiger partial charge >= 0.3 is 0 Å². The second kappa shape index (κ2) is 9.28. The number of hydrogen-bond donors (Lipinski definition) is 3. The lowest BCUT2D eigenvalue weighted by Gasteiger charge is -2.35. The molecule has 158 valence electrons. The Morgan fingerprint density at radius 2 is 2.10 bits per heavy atom. The predicted octanol–water partition coefficient (Wildman–Crippen LogP) is 3.11. The maximum absolute atomic E-state index is 14.5. The lowest BCUT2D eigenvalue weighted by atomic mass is 9.93. The third-order valence-corrected chi connectivity index (χ3v) is 5.47. The van der Waals surface area contributed by atoms with Gasteiger partial charge in [0, 0.05) is 23.7 Å². The fourth-order valence-corrected chi connectivity index (χ4v) is 3.88. The van der Waals surface area contributed by atoms with Crippen LogP contribution in [-0.4, -0.2) is 36.3 Å². The third-order valence-electron chi connectivity index (χ3n) is 5.23. The molecule has 0 unspecified atom stereocenters. The third kappa shape index (κ3) is 4.63. The average molecular weight is 431 g/mol. The van der Waals surface area contributed by atoms with Crippen molar-refractivity contribution in [3.63, 3.8) is 0 Å². The van der Waals surface area contributed by atoms with Gasteiger partial charge in [0.15, 0.2) is 0 Å². The van der Waals surface area contributed by atoms with Crippen LogP contribution in [-0.2, 0) is 11.2 Å². The van der Waals surface area contributed by atoms with Gasteiger partial charge in [-0.2, -0.15) is 0 Å². The SMILES string of the molecule is C[C@H]1c2ccc(Cl)cc2CCN1C(=O)CNc1cc(/C=C/CN)c(C(N)=O)cc1F. The molecule has 30 heavy (non-hydrogen) atoms. The zero-order valence-electron chi connectivity index (χ0n) is 16.6. The Morgan fingerprint density at radius 1 is 1.33 bits per heavy atom. The highest BCUT2D eigenvalue weighted by atomic mass is 35.5. The Balaban J connectivity index is 1.75. The molecule has 0 spiro atoms. The van der Waals surface area contributed by atoms with Crippen LogP contribution in [0, 0.1) is 5.82 Å². The minimum absolute atomic E-state index is 0.0500. The first-order chi connectivity index (χ1) is 14.3. The lowest BCUT2D eigenvalue weighted by molar-refractivity contribution is -0.131. The van der Waals surface area contributed by atoms with Crippen molar-refractivity contribution in [2.24, 2.45) is 11.5 Å². The smallest absolute Gasteiger partial charge is 0.249 e. The monoisotopic (exact) mass is 430 g/mol. The van der Waals surface area contributed by atoms with Crippen molar-refractivity contribution in [1.29, 1.82) is 0 Å². The Bertz CT molecular complexity index is 1010. The number of primary amides is 1. The predicted molar refractivity (Wildman–Crippen MR) is 117 cm³/mol. The minimum Gasteiger partial charge on any atom is -0.374 e. The molecule has 0 fully saturated rings. The topological polar surface area (TPSA) is 101 Å². The number of amides is 2. The van der Waals surface area contributed by atoms with E-state index in [2.05, 4.69) is 5.32 Å². The molecule has 1 aliphatic rings. The lowest BCUT2D eigenvalue weighted by Crippen LogP contribution is -2.41. The van der Waals surface area contributed by atoms with Crippen molar-refractivity contribution in [3.8, 4) is 0 Å². The fourth-order valence-electron chi connectivity index (χ4n) is 3.69. The van der Waals surface area contributed by atoms with E-state index in [1.165, 1.54) is 6.07 Å². The summed E-state index contributed by atoms with van der Waals surface area (Å²) >= 11 is 6.06. The molecule has 6 nitrogen and oxygen atoms in total. The van der Waals surface area contributed by atoms with E-state index in [0.29, 0.717) is 23.6 Å². The number of rotatable bonds is 6. The van der Waals surface area contributed by atoms with Gasteiger partial charge in [-0.1, -0.05) is 29.8 Å². The molecule has 1 aliphatic heterocycles.